The standard InChI is InChI=1S/C31H43N3O2/c1-21-14-23(3)30(35)24(15-21)18-32-28-12-8-9-13-29(28)33-19-25-16-22(2)17-26(31(25)36)20-34(4)27-10-6-5-7-11-27/h14-19,27-29,35-36H,5-13,20H2,1-4H3. The summed E-state index contributed by atoms with van der Waals surface area (Å²) >= 11 is 0. The van der Waals surface area contributed by atoms with Crippen LogP contribution < -0.4 is 0 Å². The molecular formula is C31H43N3O2. The van der Waals surface area contributed by atoms with Crippen LogP contribution in [0.15, 0.2) is 34.3 Å². The van der Waals surface area contributed by atoms with E-state index in [1.54, 1.807) is 0 Å². The number of hydrogen-bond donors (Lipinski definition) is 2. The fourth-order valence-electron chi connectivity index (χ4n) is 5.91. The summed E-state index contributed by atoms with van der Waals surface area (Å²) in [4.78, 5) is 12.2. The summed E-state index contributed by atoms with van der Waals surface area (Å²) in [5, 5.41) is 21.6. The SMILES string of the molecule is Cc1cc(C)c(O)c(C=NC2CCCCC2N=Cc2cc(C)cc(CN(C)C3CCCCC3)c2O)c1. The Hall–Kier alpha value is -2.66. The molecule has 0 spiro atoms. The first kappa shape index (κ1) is 26.4. The van der Waals surface area contributed by atoms with Crippen LogP contribution in [-0.2, 0) is 6.54 Å². The van der Waals surface area contributed by atoms with Crippen molar-refractivity contribution in [3.05, 3.63) is 57.6 Å². The molecule has 2 atom stereocenters. The molecule has 2 N–H and O–H groups in total. The van der Waals surface area contributed by atoms with E-state index in [9.17, 15) is 10.2 Å². The first-order valence-corrected chi connectivity index (χ1v) is 13.7. The Labute approximate surface area is 217 Å². The van der Waals surface area contributed by atoms with Gasteiger partial charge >= 0.3 is 0 Å². The minimum Gasteiger partial charge on any atom is -0.507 e. The van der Waals surface area contributed by atoms with Crippen molar-refractivity contribution in [1.82, 2.24) is 4.90 Å². The Morgan fingerprint density at radius 2 is 1.28 bits per heavy atom. The molecule has 0 heterocycles. The molecule has 36 heavy (non-hydrogen) atoms. The number of nitrogens with zero attached hydrogens (tertiary/aromatic N) is 3. The van der Waals surface area contributed by atoms with Crippen molar-refractivity contribution >= 4 is 12.4 Å². The van der Waals surface area contributed by atoms with E-state index in [4.69, 9.17) is 9.98 Å². The zero-order chi connectivity index (χ0) is 25.7. The van der Waals surface area contributed by atoms with Gasteiger partial charge in [0.15, 0.2) is 0 Å². The van der Waals surface area contributed by atoms with E-state index in [1.165, 1.54) is 32.1 Å². The Morgan fingerprint density at radius 3 is 1.89 bits per heavy atom. The Morgan fingerprint density at radius 1 is 0.750 bits per heavy atom. The van der Waals surface area contributed by atoms with Crippen LogP contribution in [0, 0.1) is 20.8 Å². The average molecular weight is 490 g/mol. The van der Waals surface area contributed by atoms with Crippen molar-refractivity contribution in [3.63, 3.8) is 0 Å². The second kappa shape index (κ2) is 12.1. The van der Waals surface area contributed by atoms with Gasteiger partial charge in [-0.15, -0.1) is 0 Å². The summed E-state index contributed by atoms with van der Waals surface area (Å²) in [5.41, 5.74) is 5.67. The van der Waals surface area contributed by atoms with Crippen molar-refractivity contribution in [2.24, 2.45) is 9.98 Å². The fraction of sp³-hybridized carbons (Fsp3) is 0.548. The molecule has 2 saturated carbocycles. The highest BCUT2D eigenvalue weighted by atomic mass is 16.3. The maximum Gasteiger partial charge on any atom is 0.128 e. The molecule has 0 amide bonds. The maximum atomic E-state index is 11.1. The van der Waals surface area contributed by atoms with E-state index < -0.39 is 0 Å². The highest BCUT2D eigenvalue weighted by Crippen LogP contribution is 2.30. The molecule has 2 aromatic rings. The Balaban J connectivity index is 1.50. The van der Waals surface area contributed by atoms with Gasteiger partial charge in [-0.05, 0) is 82.3 Å². The normalized spacial score (nSPS) is 21.7. The number of rotatable bonds is 7. The van der Waals surface area contributed by atoms with Crippen LogP contribution in [-0.4, -0.2) is 52.7 Å². The molecule has 0 radical (unpaired) electrons. The number of aryl methyl sites for hydroxylation is 3. The number of phenols is 2. The van der Waals surface area contributed by atoms with Gasteiger partial charge in [0.25, 0.3) is 0 Å². The van der Waals surface area contributed by atoms with Gasteiger partial charge in [0.2, 0.25) is 0 Å². The molecule has 2 aliphatic rings. The summed E-state index contributed by atoms with van der Waals surface area (Å²) in [6, 6.07) is 8.86. The van der Waals surface area contributed by atoms with Gasteiger partial charge in [-0.3, -0.25) is 14.9 Å². The molecule has 5 heteroatoms. The van der Waals surface area contributed by atoms with Crippen LogP contribution in [0.4, 0.5) is 0 Å². The van der Waals surface area contributed by atoms with E-state index in [1.807, 2.05) is 44.5 Å². The molecule has 0 aliphatic heterocycles. The number of aromatic hydroxyl groups is 2. The third-order valence-corrected chi connectivity index (χ3v) is 7.96. The van der Waals surface area contributed by atoms with Gasteiger partial charge in [-0.25, -0.2) is 0 Å². The van der Waals surface area contributed by atoms with Crippen molar-refractivity contribution in [3.8, 4) is 11.5 Å². The molecule has 2 aliphatic carbocycles. The van der Waals surface area contributed by atoms with Crippen molar-refractivity contribution in [1.29, 1.82) is 0 Å². The molecule has 2 aromatic carbocycles. The van der Waals surface area contributed by atoms with E-state index in [0.29, 0.717) is 17.5 Å². The van der Waals surface area contributed by atoms with Gasteiger partial charge in [-0.2, -0.15) is 0 Å². The molecule has 2 fully saturated rings. The predicted molar refractivity (Wildman–Crippen MR) is 150 cm³/mol. The lowest BCUT2D eigenvalue weighted by Gasteiger charge is -2.31. The third-order valence-electron chi connectivity index (χ3n) is 7.96. The quantitative estimate of drug-likeness (QED) is 0.429. The number of aliphatic imine (C=N–C) groups is 2. The number of phenolic OH excluding ortho intramolecular Hbond substituents is 2. The lowest BCUT2D eigenvalue weighted by atomic mass is 9.91. The minimum absolute atomic E-state index is 0.0799. The highest BCUT2D eigenvalue weighted by molar-refractivity contribution is 5.85. The smallest absolute Gasteiger partial charge is 0.128 e. The lowest BCUT2D eigenvalue weighted by Crippen LogP contribution is -2.32. The van der Waals surface area contributed by atoms with Crippen LogP contribution in [0.5, 0.6) is 11.5 Å². The van der Waals surface area contributed by atoms with E-state index in [0.717, 1.165) is 65.6 Å². The molecule has 4 rings (SSSR count). The second-order valence-electron chi connectivity index (χ2n) is 11.1. The third kappa shape index (κ3) is 6.56. The molecule has 5 nitrogen and oxygen atoms in total. The predicted octanol–water partition coefficient (Wildman–Crippen LogP) is 6.64. The largest absolute Gasteiger partial charge is 0.507 e. The van der Waals surface area contributed by atoms with Crippen molar-refractivity contribution in [2.75, 3.05) is 7.05 Å². The molecular weight excluding hydrogens is 446 g/mol. The molecule has 0 aromatic heterocycles. The lowest BCUT2D eigenvalue weighted by molar-refractivity contribution is 0.183. The Bertz CT molecular complexity index is 1100. The summed E-state index contributed by atoms with van der Waals surface area (Å²) in [7, 11) is 2.18. The molecule has 0 saturated heterocycles. The van der Waals surface area contributed by atoms with Gasteiger partial charge < -0.3 is 10.2 Å². The van der Waals surface area contributed by atoms with E-state index >= 15 is 0 Å². The van der Waals surface area contributed by atoms with Gasteiger partial charge in [0.1, 0.15) is 11.5 Å². The Kier molecular flexibility index (Phi) is 8.84. The maximum absolute atomic E-state index is 11.1. The summed E-state index contributed by atoms with van der Waals surface area (Å²) in [6.07, 6.45) is 14.4. The summed E-state index contributed by atoms with van der Waals surface area (Å²) in [5.74, 6) is 0.652. The van der Waals surface area contributed by atoms with Gasteiger partial charge in [-0.1, -0.05) is 44.2 Å². The van der Waals surface area contributed by atoms with Crippen LogP contribution in [0.1, 0.15) is 91.2 Å². The molecule has 2 unspecified atom stereocenters. The van der Waals surface area contributed by atoms with E-state index in [2.05, 4.69) is 24.9 Å². The monoisotopic (exact) mass is 489 g/mol. The second-order valence-corrected chi connectivity index (χ2v) is 11.1. The molecule has 194 valence electrons. The zero-order valence-corrected chi connectivity index (χ0v) is 22.5. The highest BCUT2D eigenvalue weighted by Gasteiger charge is 2.24. The number of hydrogen-bond acceptors (Lipinski definition) is 5. The van der Waals surface area contributed by atoms with Crippen LogP contribution in [0.2, 0.25) is 0 Å². The topological polar surface area (TPSA) is 68.4 Å². The molecule has 0 bridgehead atoms. The minimum atomic E-state index is 0.0799. The van der Waals surface area contributed by atoms with Crippen LogP contribution in [0.25, 0.3) is 0 Å². The van der Waals surface area contributed by atoms with Gasteiger partial charge in [0.05, 0.1) is 12.1 Å². The van der Waals surface area contributed by atoms with Crippen molar-refractivity contribution in [2.45, 2.75) is 103 Å². The van der Waals surface area contributed by atoms with Crippen LogP contribution >= 0.6 is 0 Å². The first-order valence-electron chi connectivity index (χ1n) is 13.7. The van der Waals surface area contributed by atoms with Gasteiger partial charge in [0, 0.05) is 41.7 Å². The number of benzene rings is 2. The van der Waals surface area contributed by atoms with Crippen LogP contribution in [0.3, 0.4) is 0 Å². The zero-order valence-electron chi connectivity index (χ0n) is 22.5. The van der Waals surface area contributed by atoms with Crippen molar-refractivity contribution < 1.29 is 10.2 Å². The average Bonchev–Trinajstić information content (AvgIpc) is 2.87. The summed E-state index contributed by atoms with van der Waals surface area (Å²) < 4.78 is 0. The van der Waals surface area contributed by atoms with E-state index in [-0.39, 0.29) is 12.1 Å². The summed E-state index contributed by atoms with van der Waals surface area (Å²) in [6.45, 7) is 6.80. The first-order chi connectivity index (χ1) is 17.3. The fourth-order valence-corrected chi connectivity index (χ4v) is 5.91.